The molecule has 0 radical (unpaired) electrons. The molecule has 1 aliphatic heterocycles. The van der Waals surface area contributed by atoms with Gasteiger partial charge in [-0.3, -0.25) is 0 Å². The van der Waals surface area contributed by atoms with E-state index in [0.29, 0.717) is 6.16 Å². The maximum Gasteiger partial charge on any atom is 0.329 e. The molecule has 4 rings (SSSR count). The van der Waals surface area contributed by atoms with Gasteiger partial charge in [-0.2, -0.15) is 0 Å². The minimum Gasteiger partial charge on any atom is -0.331 e. The van der Waals surface area contributed by atoms with Crippen LogP contribution in [0, 0.1) is 0 Å². The maximum atomic E-state index is 13.3. The molecule has 0 aromatic heterocycles. The molecule has 1 unspecified atom stereocenters. The largest absolute Gasteiger partial charge is 0.331 e. The number of imide groups is 1. The standard InChI is InChI=1S/C26H28N3O3P/c1-28-23(21-14-8-4-9-15-21)24(22-16-10-5-11-17-22)29(26(28)31)25(30)27-19-33(2,32)18-20-12-6-3-7-13-20/h3-17,23-24H,18-19H2,1-2H3,(H,27,30)/t23-,24-,33?/m1/s1. The topological polar surface area (TPSA) is 69.7 Å². The van der Waals surface area contributed by atoms with Gasteiger partial charge in [-0.05, 0) is 23.4 Å². The zero-order valence-electron chi connectivity index (χ0n) is 18.8. The highest BCUT2D eigenvalue weighted by molar-refractivity contribution is 7.62. The Labute approximate surface area is 194 Å². The Morgan fingerprint density at radius 3 is 1.88 bits per heavy atom. The van der Waals surface area contributed by atoms with Crippen LogP contribution in [0.5, 0.6) is 0 Å². The molecule has 1 saturated heterocycles. The van der Waals surface area contributed by atoms with Gasteiger partial charge in [-0.1, -0.05) is 91.0 Å². The monoisotopic (exact) mass is 461 g/mol. The molecule has 170 valence electrons. The summed E-state index contributed by atoms with van der Waals surface area (Å²) in [6.07, 6.45) is 0.405. The van der Waals surface area contributed by atoms with E-state index in [9.17, 15) is 14.2 Å². The van der Waals surface area contributed by atoms with Gasteiger partial charge in [0.1, 0.15) is 7.14 Å². The number of rotatable bonds is 6. The minimum absolute atomic E-state index is 0.0196. The number of nitrogens with zero attached hydrogens (tertiary/aromatic N) is 2. The molecule has 7 heteroatoms. The van der Waals surface area contributed by atoms with E-state index in [1.54, 1.807) is 18.6 Å². The van der Waals surface area contributed by atoms with Gasteiger partial charge in [0.2, 0.25) is 0 Å². The Hall–Kier alpha value is -3.37. The van der Waals surface area contributed by atoms with Gasteiger partial charge in [0.15, 0.2) is 0 Å². The fraction of sp³-hybridized carbons (Fsp3) is 0.231. The first-order valence-corrected chi connectivity index (χ1v) is 13.4. The number of benzene rings is 3. The molecule has 1 N–H and O–H groups in total. The van der Waals surface area contributed by atoms with Crippen molar-refractivity contribution >= 4 is 19.2 Å². The molecule has 3 aromatic carbocycles. The van der Waals surface area contributed by atoms with E-state index in [1.165, 1.54) is 4.90 Å². The molecule has 33 heavy (non-hydrogen) atoms. The SMILES string of the molecule is CN1C(=O)N(C(=O)NCP(C)(=O)Cc2ccccc2)[C@H](c2ccccc2)[C@H]1c1ccccc1. The number of hydrogen-bond donors (Lipinski definition) is 1. The first kappa shape index (κ1) is 22.8. The highest BCUT2D eigenvalue weighted by atomic mass is 31.2. The van der Waals surface area contributed by atoms with Crippen molar-refractivity contribution in [1.29, 1.82) is 0 Å². The van der Waals surface area contributed by atoms with Gasteiger partial charge in [0, 0.05) is 13.2 Å². The van der Waals surface area contributed by atoms with Crippen LogP contribution < -0.4 is 5.32 Å². The number of carbonyl (C=O) groups is 2. The molecule has 3 atom stereocenters. The van der Waals surface area contributed by atoms with Gasteiger partial charge in [0.25, 0.3) is 0 Å². The summed E-state index contributed by atoms with van der Waals surface area (Å²) in [7, 11) is -0.980. The lowest BCUT2D eigenvalue weighted by Crippen LogP contribution is -2.43. The molecule has 3 aromatic rings. The van der Waals surface area contributed by atoms with Crippen LogP contribution in [0.3, 0.4) is 0 Å². The van der Waals surface area contributed by atoms with Gasteiger partial charge in [-0.15, -0.1) is 0 Å². The summed E-state index contributed by atoms with van der Waals surface area (Å²) in [4.78, 5) is 29.4. The molecule has 6 nitrogen and oxygen atoms in total. The normalized spacial score (nSPS) is 19.9. The fourth-order valence-electron chi connectivity index (χ4n) is 4.36. The summed E-state index contributed by atoms with van der Waals surface area (Å²) in [5, 5.41) is 2.78. The van der Waals surface area contributed by atoms with Crippen LogP contribution in [0.2, 0.25) is 0 Å². The molecular weight excluding hydrogens is 433 g/mol. The predicted octanol–water partition coefficient (Wildman–Crippen LogP) is 5.70. The number of hydrogen-bond acceptors (Lipinski definition) is 3. The van der Waals surface area contributed by atoms with Gasteiger partial charge < -0.3 is 14.8 Å². The Morgan fingerprint density at radius 2 is 1.33 bits per heavy atom. The summed E-state index contributed by atoms with van der Waals surface area (Å²) in [6.45, 7) is 1.68. The summed E-state index contributed by atoms with van der Waals surface area (Å²) in [6, 6.07) is 27.1. The third-order valence-electron chi connectivity index (χ3n) is 5.93. The van der Waals surface area contributed by atoms with Crippen molar-refractivity contribution in [2.75, 3.05) is 20.0 Å². The third-order valence-corrected chi connectivity index (χ3v) is 7.79. The first-order chi connectivity index (χ1) is 15.9. The Morgan fingerprint density at radius 1 is 0.848 bits per heavy atom. The fourth-order valence-corrected chi connectivity index (χ4v) is 5.92. The van der Waals surface area contributed by atoms with Gasteiger partial charge in [-0.25, -0.2) is 14.5 Å². The van der Waals surface area contributed by atoms with E-state index in [0.717, 1.165) is 16.7 Å². The van der Waals surface area contributed by atoms with Crippen LogP contribution in [0.1, 0.15) is 28.8 Å². The van der Waals surface area contributed by atoms with Crippen molar-refractivity contribution in [3.8, 4) is 0 Å². The second kappa shape index (κ2) is 9.63. The molecule has 1 aliphatic rings. The highest BCUT2D eigenvalue weighted by Crippen LogP contribution is 2.46. The highest BCUT2D eigenvalue weighted by Gasteiger charge is 2.48. The van der Waals surface area contributed by atoms with Crippen LogP contribution in [-0.2, 0) is 10.7 Å². The molecule has 0 saturated carbocycles. The van der Waals surface area contributed by atoms with Gasteiger partial charge >= 0.3 is 12.1 Å². The smallest absolute Gasteiger partial charge is 0.329 e. The van der Waals surface area contributed by atoms with E-state index in [-0.39, 0.29) is 18.4 Å². The van der Waals surface area contributed by atoms with Crippen LogP contribution in [0.15, 0.2) is 91.0 Å². The predicted molar refractivity (Wildman–Crippen MR) is 130 cm³/mol. The van der Waals surface area contributed by atoms with Crippen molar-refractivity contribution in [2.45, 2.75) is 18.2 Å². The van der Waals surface area contributed by atoms with Crippen molar-refractivity contribution in [3.63, 3.8) is 0 Å². The zero-order valence-corrected chi connectivity index (χ0v) is 19.7. The Bertz CT molecular complexity index is 1160. The van der Waals surface area contributed by atoms with E-state index in [2.05, 4.69) is 5.32 Å². The quantitative estimate of drug-likeness (QED) is 0.479. The lowest BCUT2D eigenvalue weighted by Gasteiger charge is -2.27. The second-order valence-electron chi connectivity index (χ2n) is 8.56. The summed E-state index contributed by atoms with van der Waals surface area (Å²) < 4.78 is 13.2. The van der Waals surface area contributed by atoms with Crippen LogP contribution in [0.4, 0.5) is 9.59 Å². The van der Waals surface area contributed by atoms with Crippen molar-refractivity contribution < 1.29 is 14.2 Å². The molecule has 1 heterocycles. The van der Waals surface area contributed by atoms with Gasteiger partial charge in [0.05, 0.1) is 18.4 Å². The lowest BCUT2D eigenvalue weighted by molar-refractivity contribution is 0.182. The molecule has 0 bridgehead atoms. The second-order valence-corrected chi connectivity index (χ2v) is 11.8. The molecule has 0 spiro atoms. The van der Waals surface area contributed by atoms with Crippen LogP contribution in [0.25, 0.3) is 0 Å². The van der Waals surface area contributed by atoms with Crippen LogP contribution >= 0.6 is 7.14 Å². The van der Waals surface area contributed by atoms with E-state index >= 15 is 0 Å². The average Bonchev–Trinajstić information content (AvgIpc) is 3.09. The molecule has 1 fully saturated rings. The maximum absolute atomic E-state index is 13.3. The van der Waals surface area contributed by atoms with E-state index in [1.807, 2.05) is 91.0 Å². The van der Waals surface area contributed by atoms with Crippen LogP contribution in [-0.4, -0.2) is 41.9 Å². The summed E-state index contributed by atoms with van der Waals surface area (Å²) >= 11 is 0. The number of carbonyl (C=O) groups excluding carboxylic acids is 2. The number of likely N-dealkylation sites (N-methyl/N-ethyl adjacent to an activating group) is 1. The zero-order chi connectivity index (χ0) is 23.4. The number of amides is 4. The van der Waals surface area contributed by atoms with Crippen molar-refractivity contribution in [3.05, 3.63) is 108 Å². The molecule has 0 aliphatic carbocycles. The van der Waals surface area contributed by atoms with E-state index < -0.39 is 19.2 Å². The summed E-state index contributed by atoms with van der Waals surface area (Å²) in [5.74, 6) is 0. The van der Waals surface area contributed by atoms with Crippen molar-refractivity contribution in [2.24, 2.45) is 0 Å². The Balaban J connectivity index is 1.58. The first-order valence-electron chi connectivity index (χ1n) is 10.9. The lowest BCUT2D eigenvalue weighted by atomic mass is 9.93. The average molecular weight is 462 g/mol. The summed E-state index contributed by atoms with van der Waals surface area (Å²) in [5.41, 5.74) is 2.77. The molecule has 4 amide bonds. The van der Waals surface area contributed by atoms with E-state index in [4.69, 9.17) is 0 Å². The Kier molecular flexibility index (Phi) is 6.66. The number of nitrogens with one attached hydrogen (secondary N) is 1. The van der Waals surface area contributed by atoms with Crippen molar-refractivity contribution in [1.82, 2.24) is 15.1 Å². The third kappa shape index (κ3) is 5.01. The number of urea groups is 2. The minimum atomic E-state index is -2.69. The molecular formula is C26H28N3O3P.